The SMILES string of the molecule is O=C(O)CCC(=O)N1CCc2cc(F)ccc21. The fraction of sp³-hybridized carbons (Fsp3) is 0.333. The van der Waals surface area contributed by atoms with Crippen LogP contribution in [0, 0.1) is 5.82 Å². The molecule has 2 rings (SSSR count). The molecule has 17 heavy (non-hydrogen) atoms. The first-order valence-corrected chi connectivity index (χ1v) is 5.38. The van der Waals surface area contributed by atoms with Crippen LogP contribution in [0.1, 0.15) is 18.4 Å². The molecule has 0 saturated heterocycles. The van der Waals surface area contributed by atoms with Crippen molar-refractivity contribution in [3.8, 4) is 0 Å². The molecule has 1 aromatic rings. The van der Waals surface area contributed by atoms with Crippen LogP contribution in [0.3, 0.4) is 0 Å². The van der Waals surface area contributed by atoms with Gasteiger partial charge in [0.05, 0.1) is 6.42 Å². The molecule has 4 nitrogen and oxygen atoms in total. The first-order valence-electron chi connectivity index (χ1n) is 5.38. The number of carbonyl (C=O) groups is 2. The minimum atomic E-state index is -0.989. The maximum absolute atomic E-state index is 13.0. The maximum atomic E-state index is 13.0. The number of aliphatic carboxylic acids is 1. The molecule has 0 radical (unpaired) electrons. The highest BCUT2D eigenvalue weighted by Gasteiger charge is 2.24. The zero-order valence-electron chi connectivity index (χ0n) is 9.15. The van der Waals surface area contributed by atoms with E-state index in [9.17, 15) is 14.0 Å². The normalized spacial score (nSPS) is 13.6. The van der Waals surface area contributed by atoms with E-state index < -0.39 is 5.97 Å². The molecule has 0 aliphatic carbocycles. The standard InChI is InChI=1S/C12H12FNO3/c13-9-1-2-10-8(7-9)5-6-14(10)11(15)3-4-12(16)17/h1-2,7H,3-6H2,(H,16,17). The molecule has 1 N–H and O–H groups in total. The molecule has 5 heteroatoms. The minimum absolute atomic E-state index is 0.0217. The first kappa shape index (κ1) is 11.6. The van der Waals surface area contributed by atoms with Gasteiger partial charge < -0.3 is 10.0 Å². The van der Waals surface area contributed by atoms with Crippen molar-refractivity contribution in [2.45, 2.75) is 19.3 Å². The highest BCUT2D eigenvalue weighted by Crippen LogP contribution is 2.29. The third-order valence-electron chi connectivity index (χ3n) is 2.79. The largest absolute Gasteiger partial charge is 0.481 e. The maximum Gasteiger partial charge on any atom is 0.303 e. The summed E-state index contributed by atoms with van der Waals surface area (Å²) in [5, 5.41) is 8.52. The smallest absolute Gasteiger partial charge is 0.303 e. The van der Waals surface area contributed by atoms with Crippen molar-refractivity contribution in [2.24, 2.45) is 0 Å². The summed E-state index contributed by atoms with van der Waals surface area (Å²) in [5.74, 6) is -1.53. The number of carbonyl (C=O) groups excluding carboxylic acids is 1. The van der Waals surface area contributed by atoms with Gasteiger partial charge in [0.15, 0.2) is 0 Å². The van der Waals surface area contributed by atoms with Gasteiger partial charge in [-0.3, -0.25) is 9.59 Å². The second kappa shape index (κ2) is 4.53. The fourth-order valence-corrected chi connectivity index (χ4v) is 1.98. The number of anilines is 1. The van der Waals surface area contributed by atoms with Gasteiger partial charge in [-0.2, -0.15) is 0 Å². The van der Waals surface area contributed by atoms with Gasteiger partial charge in [-0.1, -0.05) is 0 Å². The monoisotopic (exact) mass is 237 g/mol. The van der Waals surface area contributed by atoms with E-state index in [0.29, 0.717) is 18.7 Å². The third-order valence-corrected chi connectivity index (χ3v) is 2.79. The second-order valence-corrected chi connectivity index (χ2v) is 3.96. The molecule has 90 valence electrons. The Morgan fingerprint density at radius 3 is 2.82 bits per heavy atom. The molecule has 1 heterocycles. The number of nitrogens with zero attached hydrogens (tertiary/aromatic N) is 1. The van der Waals surface area contributed by atoms with Crippen molar-refractivity contribution in [1.29, 1.82) is 0 Å². The number of carboxylic acid groups (broad SMARTS) is 1. The zero-order valence-corrected chi connectivity index (χ0v) is 9.15. The van der Waals surface area contributed by atoms with Crippen LogP contribution < -0.4 is 4.90 Å². The summed E-state index contributed by atoms with van der Waals surface area (Å²) in [4.78, 5) is 23.7. The van der Waals surface area contributed by atoms with Gasteiger partial charge in [0, 0.05) is 18.7 Å². The number of carboxylic acids is 1. The number of hydrogen-bond donors (Lipinski definition) is 1. The molecule has 0 fully saturated rings. The van der Waals surface area contributed by atoms with E-state index >= 15 is 0 Å². The number of hydrogen-bond acceptors (Lipinski definition) is 2. The molecule has 1 aliphatic heterocycles. The van der Waals surface area contributed by atoms with E-state index in [1.165, 1.54) is 17.0 Å². The summed E-state index contributed by atoms with van der Waals surface area (Å²) in [5.41, 5.74) is 1.50. The van der Waals surface area contributed by atoms with Crippen LogP contribution in [-0.2, 0) is 16.0 Å². The Kier molecular flexibility index (Phi) is 3.08. The van der Waals surface area contributed by atoms with E-state index in [4.69, 9.17) is 5.11 Å². The molecule has 1 aliphatic rings. The Bertz CT molecular complexity index is 473. The van der Waals surface area contributed by atoms with E-state index in [-0.39, 0.29) is 24.6 Å². The van der Waals surface area contributed by atoms with Gasteiger partial charge >= 0.3 is 5.97 Å². The van der Waals surface area contributed by atoms with Crippen molar-refractivity contribution in [3.05, 3.63) is 29.6 Å². The highest BCUT2D eigenvalue weighted by atomic mass is 19.1. The number of rotatable bonds is 3. The van der Waals surface area contributed by atoms with Crippen molar-refractivity contribution in [1.82, 2.24) is 0 Å². The molecule has 0 atom stereocenters. The van der Waals surface area contributed by atoms with Gasteiger partial charge in [-0.15, -0.1) is 0 Å². The lowest BCUT2D eigenvalue weighted by atomic mass is 10.1. The number of fused-ring (bicyclic) bond motifs is 1. The Morgan fingerprint density at radius 2 is 2.12 bits per heavy atom. The lowest BCUT2D eigenvalue weighted by Crippen LogP contribution is -2.29. The Balaban J connectivity index is 2.11. The van der Waals surface area contributed by atoms with Crippen molar-refractivity contribution >= 4 is 17.6 Å². The molecular formula is C12H12FNO3. The van der Waals surface area contributed by atoms with E-state index in [2.05, 4.69) is 0 Å². The molecule has 0 saturated carbocycles. The zero-order chi connectivity index (χ0) is 12.4. The van der Waals surface area contributed by atoms with Crippen LogP contribution in [0.2, 0.25) is 0 Å². The van der Waals surface area contributed by atoms with Crippen LogP contribution in [0.5, 0.6) is 0 Å². The molecular weight excluding hydrogens is 225 g/mol. The van der Waals surface area contributed by atoms with Crippen LogP contribution in [-0.4, -0.2) is 23.5 Å². The molecule has 1 aromatic carbocycles. The highest BCUT2D eigenvalue weighted by molar-refractivity contribution is 5.96. The summed E-state index contributed by atoms with van der Waals surface area (Å²) in [6.45, 7) is 0.497. The predicted molar refractivity (Wildman–Crippen MR) is 59.3 cm³/mol. The van der Waals surface area contributed by atoms with Crippen molar-refractivity contribution in [3.63, 3.8) is 0 Å². The van der Waals surface area contributed by atoms with E-state index in [1.54, 1.807) is 6.07 Å². The summed E-state index contributed by atoms with van der Waals surface area (Å²) in [7, 11) is 0. The fourth-order valence-electron chi connectivity index (χ4n) is 1.98. The van der Waals surface area contributed by atoms with E-state index in [0.717, 1.165) is 5.56 Å². The summed E-state index contributed by atoms with van der Waals surface area (Å²) in [6, 6.07) is 4.29. The molecule has 0 aromatic heterocycles. The van der Waals surface area contributed by atoms with Crippen LogP contribution in [0.15, 0.2) is 18.2 Å². The van der Waals surface area contributed by atoms with Crippen molar-refractivity contribution in [2.75, 3.05) is 11.4 Å². The summed E-state index contributed by atoms with van der Waals surface area (Å²) in [6.07, 6.45) is 0.421. The van der Waals surface area contributed by atoms with Gasteiger partial charge in [0.2, 0.25) is 5.91 Å². The number of benzene rings is 1. The topological polar surface area (TPSA) is 57.6 Å². The Hall–Kier alpha value is -1.91. The molecule has 0 unspecified atom stereocenters. The van der Waals surface area contributed by atoms with Crippen molar-refractivity contribution < 1.29 is 19.1 Å². The van der Waals surface area contributed by atoms with Gasteiger partial charge in [-0.25, -0.2) is 4.39 Å². The minimum Gasteiger partial charge on any atom is -0.481 e. The first-order chi connectivity index (χ1) is 8.08. The third kappa shape index (κ3) is 2.43. The predicted octanol–water partition coefficient (Wildman–Crippen LogP) is 1.58. The van der Waals surface area contributed by atoms with Crippen LogP contribution in [0.25, 0.3) is 0 Å². The Morgan fingerprint density at radius 1 is 1.35 bits per heavy atom. The average molecular weight is 237 g/mol. The Labute approximate surface area is 97.7 Å². The molecule has 0 spiro atoms. The van der Waals surface area contributed by atoms with Gasteiger partial charge in [0.25, 0.3) is 0 Å². The van der Waals surface area contributed by atoms with Gasteiger partial charge in [0.1, 0.15) is 5.82 Å². The lowest BCUT2D eigenvalue weighted by molar-refractivity contribution is -0.138. The second-order valence-electron chi connectivity index (χ2n) is 3.96. The quantitative estimate of drug-likeness (QED) is 0.868. The summed E-state index contributed by atoms with van der Waals surface area (Å²) >= 11 is 0. The van der Waals surface area contributed by atoms with Crippen LogP contribution >= 0.6 is 0 Å². The van der Waals surface area contributed by atoms with Gasteiger partial charge in [-0.05, 0) is 30.2 Å². The molecule has 1 amide bonds. The van der Waals surface area contributed by atoms with Crippen LogP contribution in [0.4, 0.5) is 10.1 Å². The lowest BCUT2D eigenvalue weighted by Gasteiger charge is -2.16. The van der Waals surface area contributed by atoms with E-state index in [1.807, 2.05) is 0 Å². The average Bonchev–Trinajstić information content (AvgIpc) is 2.68. The number of amides is 1. The number of halogens is 1. The molecule has 0 bridgehead atoms. The summed E-state index contributed by atoms with van der Waals surface area (Å²) < 4.78 is 13.0.